The van der Waals surface area contributed by atoms with Gasteiger partial charge >= 0.3 is 0 Å². The van der Waals surface area contributed by atoms with Gasteiger partial charge in [0.05, 0.1) is 19.6 Å². The molecule has 0 fully saturated rings. The first-order valence-electron chi connectivity index (χ1n) is 4.76. The van der Waals surface area contributed by atoms with E-state index in [-0.39, 0.29) is 0 Å². The van der Waals surface area contributed by atoms with Gasteiger partial charge in [0.1, 0.15) is 17.7 Å². The van der Waals surface area contributed by atoms with Crippen molar-refractivity contribution in [2.75, 3.05) is 7.11 Å². The number of methoxy groups -OCH3 is 1. The van der Waals surface area contributed by atoms with Crippen molar-refractivity contribution < 1.29 is 18.7 Å². The summed E-state index contributed by atoms with van der Waals surface area (Å²) in [6.45, 7) is 0. The summed E-state index contributed by atoms with van der Waals surface area (Å²) in [6.07, 6.45) is 1.91. The van der Waals surface area contributed by atoms with Crippen LogP contribution >= 0.6 is 0 Å². The molecule has 1 N–H and O–H groups in total. The molecule has 0 saturated carbocycles. The van der Waals surface area contributed by atoms with Crippen molar-refractivity contribution in [1.29, 1.82) is 0 Å². The van der Waals surface area contributed by atoms with Gasteiger partial charge in [-0.15, -0.1) is 0 Å². The van der Waals surface area contributed by atoms with Gasteiger partial charge in [0, 0.05) is 11.1 Å². The van der Waals surface area contributed by atoms with Gasteiger partial charge < -0.3 is 14.3 Å². The number of halogens is 1. The minimum atomic E-state index is -0.954. The molecule has 2 aromatic rings. The van der Waals surface area contributed by atoms with Gasteiger partial charge in [-0.05, 0) is 24.3 Å². The SMILES string of the molecule is COc1ccc(F)cc1[C@@H](O)c1ccoc1. The summed E-state index contributed by atoms with van der Waals surface area (Å²) in [6, 6.07) is 5.63. The summed E-state index contributed by atoms with van der Waals surface area (Å²) in [5.74, 6) is 0.0217. The fourth-order valence-corrected chi connectivity index (χ4v) is 1.53. The highest BCUT2D eigenvalue weighted by molar-refractivity contribution is 5.39. The van der Waals surface area contributed by atoms with E-state index in [4.69, 9.17) is 9.15 Å². The predicted molar refractivity (Wildman–Crippen MR) is 55.7 cm³/mol. The van der Waals surface area contributed by atoms with Gasteiger partial charge in [-0.3, -0.25) is 0 Å². The maximum Gasteiger partial charge on any atom is 0.125 e. The van der Waals surface area contributed by atoms with E-state index in [0.29, 0.717) is 16.9 Å². The number of aliphatic hydroxyl groups excluding tert-OH is 1. The fraction of sp³-hybridized carbons (Fsp3) is 0.167. The van der Waals surface area contributed by atoms with Gasteiger partial charge in [-0.1, -0.05) is 0 Å². The molecule has 1 aromatic carbocycles. The zero-order valence-electron chi connectivity index (χ0n) is 8.68. The lowest BCUT2D eigenvalue weighted by atomic mass is 10.0. The molecule has 4 heteroatoms. The Kier molecular flexibility index (Phi) is 2.92. The predicted octanol–water partition coefficient (Wildman–Crippen LogP) is 2.51. The molecule has 0 spiro atoms. The van der Waals surface area contributed by atoms with Crippen LogP contribution in [-0.2, 0) is 0 Å². The van der Waals surface area contributed by atoms with Crippen molar-refractivity contribution in [2.45, 2.75) is 6.10 Å². The van der Waals surface area contributed by atoms with E-state index in [1.807, 2.05) is 0 Å². The first kappa shape index (κ1) is 10.7. The zero-order valence-corrected chi connectivity index (χ0v) is 8.68. The highest BCUT2D eigenvalue weighted by Crippen LogP contribution is 2.30. The van der Waals surface area contributed by atoms with Crippen molar-refractivity contribution in [3.05, 3.63) is 53.7 Å². The summed E-state index contributed by atoms with van der Waals surface area (Å²) < 4.78 is 23.0. The van der Waals surface area contributed by atoms with E-state index in [1.54, 1.807) is 6.07 Å². The molecular weight excluding hydrogens is 211 g/mol. The van der Waals surface area contributed by atoms with E-state index >= 15 is 0 Å². The molecule has 0 aliphatic carbocycles. The summed E-state index contributed by atoms with van der Waals surface area (Å²) in [5, 5.41) is 10.0. The molecule has 0 unspecified atom stereocenters. The molecule has 2 rings (SSSR count). The van der Waals surface area contributed by atoms with Crippen molar-refractivity contribution in [1.82, 2.24) is 0 Å². The van der Waals surface area contributed by atoms with Crippen LogP contribution < -0.4 is 4.74 Å². The second kappa shape index (κ2) is 4.37. The molecule has 0 aliphatic heterocycles. The van der Waals surface area contributed by atoms with Crippen LogP contribution in [-0.4, -0.2) is 12.2 Å². The Bertz CT molecular complexity index is 465. The number of ether oxygens (including phenoxy) is 1. The van der Waals surface area contributed by atoms with Gasteiger partial charge in [0.25, 0.3) is 0 Å². The van der Waals surface area contributed by atoms with Crippen molar-refractivity contribution in [3.8, 4) is 5.75 Å². The molecule has 3 nitrogen and oxygen atoms in total. The van der Waals surface area contributed by atoms with Crippen LogP contribution in [0.15, 0.2) is 41.2 Å². The Labute approximate surface area is 92.1 Å². The van der Waals surface area contributed by atoms with Crippen LogP contribution in [0.4, 0.5) is 4.39 Å². The molecule has 84 valence electrons. The van der Waals surface area contributed by atoms with Crippen LogP contribution in [0.5, 0.6) is 5.75 Å². The first-order valence-corrected chi connectivity index (χ1v) is 4.76. The Balaban J connectivity index is 2.42. The van der Waals surface area contributed by atoms with Gasteiger partial charge in [-0.25, -0.2) is 4.39 Å². The van der Waals surface area contributed by atoms with Gasteiger partial charge in [0.15, 0.2) is 0 Å². The topological polar surface area (TPSA) is 42.6 Å². The molecule has 0 amide bonds. The maximum absolute atomic E-state index is 13.1. The molecule has 0 saturated heterocycles. The molecule has 0 aliphatic rings. The Morgan fingerprint density at radius 3 is 2.81 bits per heavy atom. The average Bonchev–Trinajstić information content (AvgIpc) is 2.81. The highest BCUT2D eigenvalue weighted by atomic mass is 19.1. The summed E-state index contributed by atoms with van der Waals surface area (Å²) in [4.78, 5) is 0. The molecule has 0 bridgehead atoms. The average molecular weight is 222 g/mol. The molecule has 1 aromatic heterocycles. The van der Waals surface area contributed by atoms with E-state index in [9.17, 15) is 9.50 Å². The second-order valence-corrected chi connectivity index (χ2v) is 3.35. The van der Waals surface area contributed by atoms with Gasteiger partial charge in [0.2, 0.25) is 0 Å². The lowest BCUT2D eigenvalue weighted by molar-refractivity contribution is 0.213. The summed E-state index contributed by atoms with van der Waals surface area (Å²) >= 11 is 0. The number of aliphatic hydroxyl groups is 1. The van der Waals surface area contributed by atoms with E-state index in [0.717, 1.165) is 0 Å². The molecule has 16 heavy (non-hydrogen) atoms. The maximum atomic E-state index is 13.1. The van der Waals surface area contributed by atoms with Crippen LogP contribution in [0.2, 0.25) is 0 Å². The highest BCUT2D eigenvalue weighted by Gasteiger charge is 2.17. The fourth-order valence-electron chi connectivity index (χ4n) is 1.53. The standard InChI is InChI=1S/C12H11FO3/c1-15-11-3-2-9(13)6-10(11)12(14)8-4-5-16-7-8/h2-7,12,14H,1H3/t12-/m0/s1. The molecular formula is C12H11FO3. The number of benzene rings is 1. The third-order valence-electron chi connectivity index (χ3n) is 2.35. The minimum Gasteiger partial charge on any atom is -0.496 e. The van der Waals surface area contributed by atoms with E-state index in [1.165, 1.54) is 37.8 Å². The third kappa shape index (κ3) is 1.92. The van der Waals surface area contributed by atoms with E-state index < -0.39 is 11.9 Å². The Hall–Kier alpha value is -1.81. The molecule has 0 radical (unpaired) electrons. The van der Waals surface area contributed by atoms with Crippen LogP contribution in [0.3, 0.4) is 0 Å². The van der Waals surface area contributed by atoms with Crippen molar-refractivity contribution >= 4 is 0 Å². The van der Waals surface area contributed by atoms with Crippen LogP contribution in [0.1, 0.15) is 17.2 Å². The lowest BCUT2D eigenvalue weighted by Gasteiger charge is -2.13. The van der Waals surface area contributed by atoms with Crippen LogP contribution in [0, 0.1) is 5.82 Å². The smallest absolute Gasteiger partial charge is 0.125 e. The number of rotatable bonds is 3. The quantitative estimate of drug-likeness (QED) is 0.867. The lowest BCUT2D eigenvalue weighted by Crippen LogP contribution is -2.01. The summed E-state index contributed by atoms with van der Waals surface area (Å²) in [5.41, 5.74) is 0.938. The third-order valence-corrected chi connectivity index (χ3v) is 2.35. The van der Waals surface area contributed by atoms with Crippen molar-refractivity contribution in [2.24, 2.45) is 0 Å². The largest absolute Gasteiger partial charge is 0.496 e. The van der Waals surface area contributed by atoms with E-state index in [2.05, 4.69) is 0 Å². The number of hydrogen-bond donors (Lipinski definition) is 1. The van der Waals surface area contributed by atoms with Crippen LogP contribution in [0.25, 0.3) is 0 Å². The number of furan rings is 1. The Morgan fingerprint density at radius 1 is 1.38 bits per heavy atom. The van der Waals surface area contributed by atoms with Crippen molar-refractivity contribution in [3.63, 3.8) is 0 Å². The molecule has 1 heterocycles. The number of hydrogen-bond acceptors (Lipinski definition) is 3. The minimum absolute atomic E-state index is 0.379. The zero-order chi connectivity index (χ0) is 11.5. The molecule has 1 atom stereocenters. The Morgan fingerprint density at radius 2 is 2.19 bits per heavy atom. The normalized spacial score (nSPS) is 12.4. The second-order valence-electron chi connectivity index (χ2n) is 3.35. The summed E-state index contributed by atoms with van der Waals surface area (Å²) in [7, 11) is 1.47. The van der Waals surface area contributed by atoms with Gasteiger partial charge in [-0.2, -0.15) is 0 Å². The first-order chi connectivity index (χ1) is 7.72. The monoisotopic (exact) mass is 222 g/mol.